The molecule has 4 unspecified atom stereocenters. The molecule has 2 aromatic rings. The molecule has 2 heterocycles. The number of hydrogen-bond donors (Lipinski definition) is 1. The molecule has 6 heteroatoms. The van der Waals surface area contributed by atoms with Crippen molar-refractivity contribution in [3.63, 3.8) is 0 Å². The summed E-state index contributed by atoms with van der Waals surface area (Å²) in [5.41, 5.74) is 1.83. The monoisotopic (exact) mass is 372 g/mol. The molecule has 2 aromatic carbocycles. The Balaban J connectivity index is 1.53. The van der Waals surface area contributed by atoms with Gasteiger partial charge in [-0.05, 0) is 41.3 Å². The van der Waals surface area contributed by atoms with Gasteiger partial charge in [0.05, 0.1) is 33.0 Å². The van der Waals surface area contributed by atoms with Crippen LogP contribution in [-0.4, -0.2) is 32.7 Å². The molecule has 144 valence electrons. The van der Waals surface area contributed by atoms with E-state index in [0.29, 0.717) is 18.1 Å². The lowest BCUT2D eigenvalue weighted by molar-refractivity contribution is 0.0755. The molecule has 0 aromatic heterocycles. The zero-order valence-electron chi connectivity index (χ0n) is 15.7. The van der Waals surface area contributed by atoms with Crippen LogP contribution in [0.25, 0.3) is 0 Å². The molecule has 6 nitrogen and oxygen atoms in total. The third-order valence-electron chi connectivity index (χ3n) is 5.50. The first-order valence-corrected chi connectivity index (χ1v) is 9.03. The maximum atomic E-state index is 11.0. The van der Waals surface area contributed by atoms with E-state index in [-0.39, 0.29) is 24.7 Å². The molecule has 0 amide bonds. The largest absolute Gasteiger partial charge is 0.493 e. The second-order valence-electron chi connectivity index (χ2n) is 6.95. The highest BCUT2D eigenvalue weighted by Gasteiger charge is 2.40. The van der Waals surface area contributed by atoms with Crippen LogP contribution in [0.1, 0.15) is 30.3 Å². The summed E-state index contributed by atoms with van der Waals surface area (Å²) in [5.74, 6) is 2.85. The van der Waals surface area contributed by atoms with Gasteiger partial charge in [-0.25, -0.2) is 0 Å². The van der Waals surface area contributed by atoms with E-state index in [9.17, 15) is 5.11 Å². The summed E-state index contributed by atoms with van der Waals surface area (Å²) in [5, 5.41) is 11.0. The molecule has 1 saturated heterocycles. The summed E-state index contributed by atoms with van der Waals surface area (Å²) in [7, 11) is 3.18. The molecule has 0 spiro atoms. The van der Waals surface area contributed by atoms with Crippen LogP contribution in [-0.2, 0) is 4.74 Å². The predicted octanol–water partition coefficient (Wildman–Crippen LogP) is 3.49. The SMILES string of the molecule is COc1ccc(C(O)C2COC(c3ccc4c(c3)OCO4)C2C)cc1OC. The van der Waals surface area contributed by atoms with Gasteiger partial charge in [-0.3, -0.25) is 0 Å². The number of hydrogen-bond acceptors (Lipinski definition) is 6. The maximum absolute atomic E-state index is 11.0. The lowest BCUT2D eigenvalue weighted by Gasteiger charge is -2.24. The van der Waals surface area contributed by atoms with Gasteiger partial charge in [0.15, 0.2) is 23.0 Å². The van der Waals surface area contributed by atoms with E-state index in [0.717, 1.165) is 22.6 Å². The molecular weight excluding hydrogens is 348 g/mol. The quantitative estimate of drug-likeness (QED) is 0.867. The van der Waals surface area contributed by atoms with Crippen molar-refractivity contribution in [3.8, 4) is 23.0 Å². The van der Waals surface area contributed by atoms with E-state index in [4.69, 9.17) is 23.7 Å². The Morgan fingerprint density at radius 1 is 1.00 bits per heavy atom. The summed E-state index contributed by atoms with van der Waals surface area (Å²) in [6, 6.07) is 11.4. The zero-order chi connectivity index (χ0) is 19.0. The number of rotatable bonds is 5. The van der Waals surface area contributed by atoms with Crippen molar-refractivity contribution in [2.75, 3.05) is 27.6 Å². The Bertz CT molecular complexity index is 820. The number of aliphatic hydroxyl groups is 1. The lowest BCUT2D eigenvalue weighted by Crippen LogP contribution is -2.19. The van der Waals surface area contributed by atoms with Crippen molar-refractivity contribution < 1.29 is 28.8 Å². The van der Waals surface area contributed by atoms with Crippen molar-refractivity contribution in [3.05, 3.63) is 47.5 Å². The van der Waals surface area contributed by atoms with Gasteiger partial charge in [-0.2, -0.15) is 0 Å². The topological polar surface area (TPSA) is 66.4 Å². The molecular formula is C21H24O6. The first kappa shape index (κ1) is 17.9. The summed E-state index contributed by atoms with van der Waals surface area (Å²) in [6.45, 7) is 2.84. The minimum atomic E-state index is -0.654. The number of fused-ring (bicyclic) bond motifs is 1. The van der Waals surface area contributed by atoms with E-state index >= 15 is 0 Å². The molecule has 0 bridgehead atoms. The average Bonchev–Trinajstić information content (AvgIpc) is 3.32. The smallest absolute Gasteiger partial charge is 0.231 e. The summed E-state index contributed by atoms with van der Waals surface area (Å²) >= 11 is 0. The van der Waals surface area contributed by atoms with Crippen LogP contribution < -0.4 is 18.9 Å². The molecule has 2 aliphatic heterocycles. The van der Waals surface area contributed by atoms with Crippen molar-refractivity contribution in [1.29, 1.82) is 0 Å². The van der Waals surface area contributed by atoms with Crippen LogP contribution in [0.5, 0.6) is 23.0 Å². The predicted molar refractivity (Wildman–Crippen MR) is 98.4 cm³/mol. The highest BCUT2D eigenvalue weighted by molar-refractivity contribution is 5.46. The minimum absolute atomic E-state index is 0.0291. The van der Waals surface area contributed by atoms with Crippen LogP contribution in [0.15, 0.2) is 36.4 Å². The van der Waals surface area contributed by atoms with Gasteiger partial charge in [0.25, 0.3) is 0 Å². The fourth-order valence-electron chi connectivity index (χ4n) is 3.90. The van der Waals surface area contributed by atoms with E-state index < -0.39 is 6.10 Å². The highest BCUT2D eigenvalue weighted by atomic mass is 16.7. The zero-order valence-corrected chi connectivity index (χ0v) is 15.7. The average molecular weight is 372 g/mol. The van der Waals surface area contributed by atoms with Crippen LogP contribution in [0, 0.1) is 11.8 Å². The molecule has 1 N–H and O–H groups in total. The van der Waals surface area contributed by atoms with Crippen LogP contribution >= 0.6 is 0 Å². The van der Waals surface area contributed by atoms with Gasteiger partial charge in [0, 0.05) is 5.92 Å². The summed E-state index contributed by atoms with van der Waals surface area (Å²) < 4.78 is 27.5. The maximum Gasteiger partial charge on any atom is 0.231 e. The van der Waals surface area contributed by atoms with Gasteiger partial charge >= 0.3 is 0 Å². The van der Waals surface area contributed by atoms with Gasteiger partial charge in [-0.1, -0.05) is 19.1 Å². The summed E-state index contributed by atoms with van der Waals surface area (Å²) in [6.07, 6.45) is -0.752. The van der Waals surface area contributed by atoms with Crippen molar-refractivity contribution in [2.24, 2.45) is 11.8 Å². The minimum Gasteiger partial charge on any atom is -0.493 e. The molecule has 0 aliphatic carbocycles. The van der Waals surface area contributed by atoms with Crippen molar-refractivity contribution >= 4 is 0 Å². The van der Waals surface area contributed by atoms with E-state index in [2.05, 4.69) is 6.92 Å². The van der Waals surface area contributed by atoms with Crippen molar-refractivity contribution in [1.82, 2.24) is 0 Å². The van der Waals surface area contributed by atoms with E-state index in [1.165, 1.54) is 0 Å². The van der Waals surface area contributed by atoms with Crippen molar-refractivity contribution in [2.45, 2.75) is 19.1 Å². The molecule has 1 fully saturated rings. The van der Waals surface area contributed by atoms with E-state index in [1.54, 1.807) is 14.2 Å². The molecule has 27 heavy (non-hydrogen) atoms. The van der Waals surface area contributed by atoms with Crippen LogP contribution in [0.3, 0.4) is 0 Å². The second-order valence-corrected chi connectivity index (χ2v) is 6.95. The number of benzene rings is 2. The molecule has 4 rings (SSSR count). The highest BCUT2D eigenvalue weighted by Crippen LogP contribution is 2.46. The number of ether oxygens (including phenoxy) is 5. The first-order valence-electron chi connectivity index (χ1n) is 9.03. The second kappa shape index (κ2) is 7.29. The normalized spacial score (nSPS) is 24.7. The van der Waals surface area contributed by atoms with Crippen LogP contribution in [0.4, 0.5) is 0 Å². The Kier molecular flexibility index (Phi) is 4.85. The fourth-order valence-corrected chi connectivity index (χ4v) is 3.90. The molecule has 0 saturated carbocycles. The Labute approximate surface area is 158 Å². The molecule has 4 atom stereocenters. The Hall–Kier alpha value is -2.44. The van der Waals surface area contributed by atoms with Gasteiger partial charge < -0.3 is 28.8 Å². The van der Waals surface area contributed by atoms with E-state index in [1.807, 2.05) is 36.4 Å². The molecule has 0 radical (unpaired) electrons. The third-order valence-corrected chi connectivity index (χ3v) is 5.50. The third kappa shape index (κ3) is 3.19. The standard InChI is InChI=1S/C21H24O6/c1-12-15(20(22)13-4-6-16(23-2)18(8-13)24-3)10-25-21(12)14-5-7-17-19(9-14)27-11-26-17/h4-9,12,15,20-22H,10-11H2,1-3H3. The molecule has 2 aliphatic rings. The Morgan fingerprint density at radius 2 is 1.78 bits per heavy atom. The van der Waals surface area contributed by atoms with Gasteiger partial charge in [0.2, 0.25) is 6.79 Å². The van der Waals surface area contributed by atoms with Crippen LogP contribution in [0.2, 0.25) is 0 Å². The summed E-state index contributed by atoms with van der Waals surface area (Å²) in [4.78, 5) is 0. The Morgan fingerprint density at radius 3 is 2.56 bits per heavy atom. The van der Waals surface area contributed by atoms with Gasteiger partial charge in [0.1, 0.15) is 0 Å². The van der Waals surface area contributed by atoms with Gasteiger partial charge in [-0.15, -0.1) is 0 Å². The number of aliphatic hydroxyl groups excluding tert-OH is 1. The lowest BCUT2D eigenvalue weighted by atomic mass is 9.83. The first-order chi connectivity index (χ1) is 13.1. The number of methoxy groups -OCH3 is 2. The fraction of sp³-hybridized carbons (Fsp3) is 0.429.